The third-order valence-corrected chi connectivity index (χ3v) is 6.99. The molecule has 1 aromatic carbocycles. The van der Waals surface area contributed by atoms with Gasteiger partial charge in [-0.2, -0.15) is 37.1 Å². The number of halogens is 3. The number of rotatable bonds is 4. The fraction of sp³-hybridized carbons (Fsp3) is 0.421. The Balaban J connectivity index is 2.19. The Kier molecular flexibility index (Phi) is 5.63. The van der Waals surface area contributed by atoms with Crippen LogP contribution in [0.15, 0.2) is 22.4 Å². The maximum Gasteiger partial charge on any atom is 0.516 e. The highest BCUT2D eigenvalue weighted by molar-refractivity contribution is 7.93. The summed E-state index contributed by atoms with van der Waals surface area (Å²) in [6, 6.07) is 6.24. The smallest absolute Gasteiger partial charge is 0.371 e. The first-order valence-corrected chi connectivity index (χ1v) is 10.9. The standard InChI is InChI=1S/C19H19F3N8O2S/c1-10-18(2,3)11-6-12(26-27-17-25-14(8-23)16(9-24)30(17)5)13(7-15(11)29(10)4)28-33(31,32)19(20,21)22/h6-7,10,28H,1-5H3. The molecule has 0 radical (unpaired) electrons. The van der Waals surface area contributed by atoms with Crippen LogP contribution >= 0.6 is 0 Å². The molecule has 2 heterocycles. The number of benzene rings is 1. The molecule has 0 saturated heterocycles. The van der Waals surface area contributed by atoms with Crippen molar-refractivity contribution in [2.24, 2.45) is 17.3 Å². The Morgan fingerprint density at radius 2 is 1.82 bits per heavy atom. The Bertz CT molecular complexity index is 1350. The normalized spacial score (nSPS) is 17.6. The number of aromatic nitrogens is 2. The third kappa shape index (κ3) is 3.87. The van der Waals surface area contributed by atoms with Crippen LogP contribution in [0.1, 0.15) is 37.7 Å². The number of imidazole rings is 1. The number of sulfonamides is 1. The van der Waals surface area contributed by atoms with Crippen LogP contribution in [0, 0.1) is 22.7 Å². The van der Waals surface area contributed by atoms with Gasteiger partial charge < -0.3 is 9.47 Å². The molecule has 33 heavy (non-hydrogen) atoms. The second kappa shape index (κ2) is 7.74. The quantitative estimate of drug-likeness (QED) is 0.657. The van der Waals surface area contributed by atoms with Gasteiger partial charge in [0.25, 0.3) is 5.95 Å². The second-order valence-corrected chi connectivity index (χ2v) is 9.71. The first-order chi connectivity index (χ1) is 15.2. The van der Waals surface area contributed by atoms with E-state index in [9.17, 15) is 21.6 Å². The Morgan fingerprint density at radius 3 is 2.33 bits per heavy atom. The van der Waals surface area contributed by atoms with Crippen LogP contribution in [0.4, 0.5) is 36.2 Å². The number of nitrogens with one attached hydrogen (secondary N) is 1. The first kappa shape index (κ1) is 24.0. The minimum atomic E-state index is -5.73. The van der Waals surface area contributed by atoms with E-state index in [2.05, 4.69) is 15.2 Å². The van der Waals surface area contributed by atoms with E-state index in [0.717, 1.165) is 5.56 Å². The largest absolute Gasteiger partial charge is 0.516 e. The maximum atomic E-state index is 13.0. The van der Waals surface area contributed by atoms with Gasteiger partial charge in [-0.05, 0) is 24.6 Å². The molecule has 14 heteroatoms. The van der Waals surface area contributed by atoms with Crippen LogP contribution in [-0.2, 0) is 22.5 Å². The van der Waals surface area contributed by atoms with Crippen LogP contribution in [-0.4, -0.2) is 36.6 Å². The van der Waals surface area contributed by atoms with Gasteiger partial charge in [-0.15, -0.1) is 10.2 Å². The van der Waals surface area contributed by atoms with E-state index in [1.165, 1.54) is 23.7 Å². The van der Waals surface area contributed by atoms with Gasteiger partial charge in [-0.25, -0.2) is 0 Å². The van der Waals surface area contributed by atoms with E-state index in [1.54, 1.807) is 23.9 Å². The molecule has 3 rings (SSSR count). The van der Waals surface area contributed by atoms with Gasteiger partial charge in [-0.3, -0.25) is 4.72 Å². The number of anilines is 2. The molecule has 1 atom stereocenters. The van der Waals surface area contributed by atoms with E-state index < -0.39 is 26.6 Å². The van der Waals surface area contributed by atoms with Crippen LogP contribution in [0.25, 0.3) is 0 Å². The van der Waals surface area contributed by atoms with Crippen molar-refractivity contribution >= 4 is 33.0 Å². The molecule has 0 fully saturated rings. The number of hydrogen-bond acceptors (Lipinski definition) is 8. The lowest BCUT2D eigenvalue weighted by molar-refractivity contribution is -0.0429. The summed E-state index contributed by atoms with van der Waals surface area (Å²) < 4.78 is 65.4. The molecule has 0 bridgehead atoms. The Labute approximate surface area is 188 Å². The van der Waals surface area contributed by atoms with E-state index in [-0.39, 0.29) is 29.1 Å². The highest BCUT2D eigenvalue weighted by atomic mass is 32.2. The fourth-order valence-corrected chi connectivity index (χ4v) is 4.12. The van der Waals surface area contributed by atoms with Crippen molar-refractivity contribution in [2.75, 3.05) is 16.7 Å². The number of nitriles is 2. The van der Waals surface area contributed by atoms with E-state index in [0.29, 0.717) is 5.69 Å². The van der Waals surface area contributed by atoms with Crippen LogP contribution < -0.4 is 9.62 Å². The van der Waals surface area contributed by atoms with Gasteiger partial charge in [0.1, 0.15) is 17.8 Å². The Morgan fingerprint density at radius 1 is 1.18 bits per heavy atom. The molecule has 0 aliphatic carbocycles. The van der Waals surface area contributed by atoms with E-state index in [4.69, 9.17) is 10.5 Å². The third-order valence-electron chi connectivity index (χ3n) is 5.89. The summed E-state index contributed by atoms with van der Waals surface area (Å²) in [4.78, 5) is 5.71. The second-order valence-electron chi connectivity index (χ2n) is 8.04. The summed E-state index contributed by atoms with van der Waals surface area (Å²) in [7, 11) is -2.56. The number of alkyl halides is 3. The molecule has 174 valence electrons. The lowest BCUT2D eigenvalue weighted by atomic mass is 9.81. The topological polar surface area (TPSA) is 140 Å². The Hall–Kier alpha value is -3.65. The van der Waals surface area contributed by atoms with Crippen molar-refractivity contribution in [3.63, 3.8) is 0 Å². The highest BCUT2D eigenvalue weighted by Crippen LogP contribution is 2.48. The summed E-state index contributed by atoms with van der Waals surface area (Å²) >= 11 is 0. The molecule has 1 N–H and O–H groups in total. The van der Waals surface area contributed by atoms with Crippen molar-refractivity contribution in [1.82, 2.24) is 9.55 Å². The highest BCUT2D eigenvalue weighted by Gasteiger charge is 2.47. The number of azo groups is 1. The minimum absolute atomic E-state index is 0.0438. The molecule has 1 unspecified atom stereocenters. The summed E-state index contributed by atoms with van der Waals surface area (Å²) in [5.74, 6) is -0.155. The number of fused-ring (bicyclic) bond motifs is 1. The zero-order valence-corrected chi connectivity index (χ0v) is 19.0. The predicted molar refractivity (Wildman–Crippen MR) is 113 cm³/mol. The number of likely N-dealkylation sites (N-methyl/N-ethyl adjacent to an activating group) is 1. The lowest BCUT2D eigenvalue weighted by Crippen LogP contribution is -2.36. The molecule has 10 nitrogen and oxygen atoms in total. The first-order valence-electron chi connectivity index (χ1n) is 9.44. The van der Waals surface area contributed by atoms with Crippen LogP contribution in [0.3, 0.4) is 0 Å². The van der Waals surface area contributed by atoms with Gasteiger partial charge in [0.05, 0.1) is 5.69 Å². The molecule has 2 aromatic rings. The van der Waals surface area contributed by atoms with Crippen LogP contribution in [0.2, 0.25) is 0 Å². The number of hydrogen-bond donors (Lipinski definition) is 1. The van der Waals surface area contributed by atoms with Crippen molar-refractivity contribution in [3.8, 4) is 12.1 Å². The van der Waals surface area contributed by atoms with Gasteiger partial charge in [0.2, 0.25) is 0 Å². The molecule has 1 aliphatic heterocycles. The average Bonchev–Trinajstić information content (AvgIpc) is 3.11. The average molecular weight is 480 g/mol. The summed E-state index contributed by atoms with van der Waals surface area (Å²) in [6.45, 7) is 5.82. The maximum absolute atomic E-state index is 13.0. The van der Waals surface area contributed by atoms with Crippen molar-refractivity contribution in [3.05, 3.63) is 29.1 Å². The summed E-state index contributed by atoms with van der Waals surface area (Å²) in [5.41, 5.74) is -5.58. The zero-order chi connectivity index (χ0) is 24.9. The molecule has 0 amide bonds. The summed E-state index contributed by atoms with van der Waals surface area (Å²) in [5, 5.41) is 26.1. The molecule has 0 saturated carbocycles. The van der Waals surface area contributed by atoms with Crippen LogP contribution in [0.5, 0.6) is 0 Å². The van der Waals surface area contributed by atoms with E-state index in [1.807, 2.05) is 25.7 Å². The van der Waals surface area contributed by atoms with Crippen molar-refractivity contribution in [1.29, 1.82) is 10.5 Å². The molecule has 0 spiro atoms. The molecular formula is C19H19F3N8O2S. The predicted octanol–water partition coefficient (Wildman–Crippen LogP) is 3.96. The van der Waals surface area contributed by atoms with Crippen molar-refractivity contribution < 1.29 is 21.6 Å². The van der Waals surface area contributed by atoms with Gasteiger partial charge in [0, 0.05) is 31.2 Å². The van der Waals surface area contributed by atoms with Crippen molar-refractivity contribution in [2.45, 2.75) is 37.7 Å². The monoisotopic (exact) mass is 480 g/mol. The van der Waals surface area contributed by atoms with E-state index >= 15 is 0 Å². The van der Waals surface area contributed by atoms with Gasteiger partial charge >= 0.3 is 15.5 Å². The molecule has 1 aromatic heterocycles. The lowest BCUT2D eigenvalue weighted by Gasteiger charge is -2.28. The summed E-state index contributed by atoms with van der Waals surface area (Å²) in [6.07, 6.45) is 0. The number of nitrogens with zero attached hydrogens (tertiary/aromatic N) is 7. The minimum Gasteiger partial charge on any atom is -0.371 e. The van der Waals surface area contributed by atoms with Gasteiger partial charge in [0.15, 0.2) is 11.4 Å². The molecular weight excluding hydrogens is 461 g/mol. The zero-order valence-electron chi connectivity index (χ0n) is 18.2. The fourth-order valence-electron chi connectivity index (χ4n) is 3.55. The molecule has 1 aliphatic rings. The SMILES string of the molecule is CC1N(C)c2cc(NS(=O)(=O)C(F)(F)F)c(N=Nc3nc(C#N)c(C#N)n3C)cc2C1(C)C. The van der Waals surface area contributed by atoms with Gasteiger partial charge in [-0.1, -0.05) is 13.8 Å².